The number of aromatic nitrogens is 3. The Morgan fingerprint density at radius 2 is 0.583 bits per heavy atom. The molecule has 0 atom stereocenters. The lowest BCUT2D eigenvalue weighted by atomic mass is 9.94. The van der Waals surface area contributed by atoms with E-state index in [-0.39, 0.29) is 0 Å². The van der Waals surface area contributed by atoms with Gasteiger partial charge in [-0.15, -0.1) is 0 Å². The molecule has 0 N–H and O–H groups in total. The third-order valence-electron chi connectivity index (χ3n) is 11.5. The second-order valence-electron chi connectivity index (χ2n) is 15.2. The van der Waals surface area contributed by atoms with Crippen LogP contribution in [-0.2, 0) is 0 Å². The minimum Gasteiger partial charge on any atom is -0.208 e. The summed E-state index contributed by atoms with van der Waals surface area (Å²) < 4.78 is 0. The number of nitrogens with zero attached hydrogens (tertiary/aromatic N) is 3. The first kappa shape index (κ1) is 35.2. The predicted octanol–water partition coefficient (Wildman–Crippen LogP) is 15.0. The molecule has 0 spiro atoms. The van der Waals surface area contributed by atoms with Gasteiger partial charge < -0.3 is 0 Å². The van der Waals surface area contributed by atoms with Gasteiger partial charge in [-0.25, -0.2) is 15.0 Å². The second kappa shape index (κ2) is 15.1. The van der Waals surface area contributed by atoms with E-state index in [0.29, 0.717) is 17.5 Å². The first-order valence-corrected chi connectivity index (χ1v) is 20.3. The lowest BCUT2D eigenvalue weighted by Crippen LogP contribution is -2.01. The van der Waals surface area contributed by atoms with Gasteiger partial charge in [0.2, 0.25) is 0 Å². The fourth-order valence-corrected chi connectivity index (χ4v) is 8.38. The molecule has 0 bridgehead atoms. The maximum absolute atomic E-state index is 5.24. The summed E-state index contributed by atoms with van der Waals surface area (Å²) in [6.45, 7) is 0. The van der Waals surface area contributed by atoms with Crippen LogP contribution in [0.3, 0.4) is 0 Å². The van der Waals surface area contributed by atoms with E-state index in [0.717, 1.165) is 49.4 Å². The lowest BCUT2D eigenvalue weighted by molar-refractivity contribution is 1.08. The van der Waals surface area contributed by atoms with E-state index in [2.05, 4.69) is 224 Å². The van der Waals surface area contributed by atoms with E-state index in [9.17, 15) is 0 Å². The van der Waals surface area contributed by atoms with Crippen molar-refractivity contribution in [2.45, 2.75) is 0 Å². The molecule has 280 valence electrons. The highest BCUT2D eigenvalue weighted by Crippen LogP contribution is 2.36. The van der Waals surface area contributed by atoms with Crippen LogP contribution >= 0.6 is 0 Å². The molecule has 0 amide bonds. The first-order chi connectivity index (χ1) is 29.7. The van der Waals surface area contributed by atoms with E-state index in [1.165, 1.54) is 44.2 Å². The Labute approximate surface area is 349 Å². The van der Waals surface area contributed by atoms with Crippen LogP contribution in [0.2, 0.25) is 0 Å². The molecule has 0 saturated carbocycles. The quantitative estimate of drug-likeness (QED) is 0.162. The number of rotatable bonds is 7. The average Bonchev–Trinajstić information content (AvgIpc) is 3.33. The van der Waals surface area contributed by atoms with Crippen LogP contribution in [0.5, 0.6) is 0 Å². The molecule has 11 aromatic rings. The van der Waals surface area contributed by atoms with Gasteiger partial charge in [0.25, 0.3) is 0 Å². The van der Waals surface area contributed by atoms with Crippen molar-refractivity contribution in [3.63, 3.8) is 0 Å². The Balaban J connectivity index is 1.02. The monoisotopic (exact) mass is 763 g/mol. The summed E-state index contributed by atoms with van der Waals surface area (Å²) in [6.07, 6.45) is 0. The van der Waals surface area contributed by atoms with Crippen molar-refractivity contribution in [2.75, 3.05) is 0 Å². The Morgan fingerprint density at radius 3 is 1.15 bits per heavy atom. The third kappa shape index (κ3) is 6.68. The van der Waals surface area contributed by atoms with Gasteiger partial charge in [0, 0.05) is 16.7 Å². The molecule has 0 unspecified atom stereocenters. The summed E-state index contributed by atoms with van der Waals surface area (Å²) in [5.41, 5.74) is 12.1. The molecule has 1 heterocycles. The molecule has 0 aliphatic heterocycles. The van der Waals surface area contributed by atoms with Crippen LogP contribution in [0, 0.1) is 0 Å². The Hall–Kier alpha value is -8.01. The molecule has 0 saturated heterocycles. The van der Waals surface area contributed by atoms with Crippen molar-refractivity contribution in [3.05, 3.63) is 224 Å². The zero-order valence-corrected chi connectivity index (χ0v) is 32.7. The van der Waals surface area contributed by atoms with Gasteiger partial charge in [-0.1, -0.05) is 200 Å². The summed E-state index contributed by atoms with van der Waals surface area (Å²) in [5, 5.41) is 7.06. The third-order valence-corrected chi connectivity index (χ3v) is 11.5. The molecule has 0 radical (unpaired) electrons. The predicted molar refractivity (Wildman–Crippen MR) is 250 cm³/mol. The van der Waals surface area contributed by atoms with E-state index >= 15 is 0 Å². The SMILES string of the molecule is c1ccc(-c2ccc3cc(-c4nc(-c5ccc6cc(-c7ccccc7)ccc6c5)nc(-c5ccccc5-c5ccc(-c6cccc7ccccc67)cc5)n4)ccc3c2)cc1. The van der Waals surface area contributed by atoms with Crippen LogP contribution in [0.4, 0.5) is 0 Å². The molecule has 60 heavy (non-hydrogen) atoms. The van der Waals surface area contributed by atoms with E-state index in [4.69, 9.17) is 15.0 Å². The van der Waals surface area contributed by atoms with Gasteiger partial charge in [0.05, 0.1) is 0 Å². The minimum atomic E-state index is 0.628. The summed E-state index contributed by atoms with van der Waals surface area (Å²) in [7, 11) is 0. The molecule has 3 nitrogen and oxygen atoms in total. The van der Waals surface area contributed by atoms with Crippen LogP contribution < -0.4 is 0 Å². The fraction of sp³-hybridized carbons (Fsp3) is 0. The number of hydrogen-bond donors (Lipinski definition) is 0. The maximum Gasteiger partial charge on any atom is 0.164 e. The molecule has 11 rings (SSSR count). The smallest absolute Gasteiger partial charge is 0.164 e. The summed E-state index contributed by atoms with van der Waals surface area (Å²) in [6, 6.07) is 79.6. The zero-order chi connectivity index (χ0) is 39.8. The molecule has 1 aromatic heterocycles. The largest absolute Gasteiger partial charge is 0.208 e. The van der Waals surface area contributed by atoms with Crippen molar-refractivity contribution >= 4 is 32.3 Å². The Bertz CT molecular complexity index is 3210. The highest BCUT2D eigenvalue weighted by molar-refractivity contribution is 5.97. The van der Waals surface area contributed by atoms with E-state index in [1.54, 1.807) is 0 Å². The summed E-state index contributed by atoms with van der Waals surface area (Å²) in [4.78, 5) is 15.7. The summed E-state index contributed by atoms with van der Waals surface area (Å²) in [5.74, 6) is 1.89. The zero-order valence-electron chi connectivity index (χ0n) is 32.7. The van der Waals surface area contributed by atoms with Gasteiger partial charge in [0.1, 0.15) is 0 Å². The number of hydrogen-bond acceptors (Lipinski definition) is 3. The first-order valence-electron chi connectivity index (χ1n) is 20.3. The van der Waals surface area contributed by atoms with Crippen molar-refractivity contribution in [1.82, 2.24) is 15.0 Å². The van der Waals surface area contributed by atoms with Crippen LogP contribution in [0.25, 0.3) is 111 Å². The Kier molecular flexibility index (Phi) is 8.83. The number of benzene rings is 10. The van der Waals surface area contributed by atoms with Crippen LogP contribution in [0.15, 0.2) is 224 Å². The molecule has 0 aliphatic carbocycles. The minimum absolute atomic E-state index is 0.628. The van der Waals surface area contributed by atoms with Crippen LogP contribution in [0.1, 0.15) is 0 Å². The van der Waals surface area contributed by atoms with Crippen molar-refractivity contribution < 1.29 is 0 Å². The molecule has 0 fully saturated rings. The second-order valence-corrected chi connectivity index (χ2v) is 15.2. The number of fused-ring (bicyclic) bond motifs is 3. The van der Waals surface area contributed by atoms with Crippen molar-refractivity contribution in [2.24, 2.45) is 0 Å². The fourth-order valence-electron chi connectivity index (χ4n) is 8.38. The molecular formula is C57H37N3. The normalized spacial score (nSPS) is 11.3. The lowest BCUT2D eigenvalue weighted by Gasteiger charge is -2.13. The molecular weight excluding hydrogens is 727 g/mol. The van der Waals surface area contributed by atoms with Gasteiger partial charge in [0.15, 0.2) is 17.5 Å². The van der Waals surface area contributed by atoms with Crippen LogP contribution in [-0.4, -0.2) is 15.0 Å². The summed E-state index contributed by atoms with van der Waals surface area (Å²) >= 11 is 0. The molecule has 10 aromatic carbocycles. The topological polar surface area (TPSA) is 38.7 Å². The van der Waals surface area contributed by atoms with Gasteiger partial charge in [-0.3, -0.25) is 0 Å². The molecule has 3 heteroatoms. The standard InChI is InChI=1S/C57H37N3/c1-3-12-38(13-4-1)43-26-28-47-36-49(32-30-45(47)34-43)55-58-56(50-33-31-46-35-44(27-29-48(46)37-50)39-14-5-2-6-15-39)60-57(59-55)54-20-10-9-19-53(54)42-24-22-41(23-25-42)52-21-11-17-40-16-7-8-18-51(40)52/h1-37H. The average molecular weight is 764 g/mol. The van der Waals surface area contributed by atoms with E-state index in [1.807, 2.05) is 0 Å². The molecule has 0 aliphatic rings. The van der Waals surface area contributed by atoms with Gasteiger partial charge in [-0.2, -0.15) is 0 Å². The Morgan fingerprint density at radius 1 is 0.200 bits per heavy atom. The highest BCUT2D eigenvalue weighted by Gasteiger charge is 2.17. The van der Waals surface area contributed by atoms with Crippen molar-refractivity contribution in [3.8, 4) is 78.7 Å². The van der Waals surface area contributed by atoms with Gasteiger partial charge in [-0.05, 0) is 101 Å². The van der Waals surface area contributed by atoms with E-state index < -0.39 is 0 Å². The maximum atomic E-state index is 5.24. The van der Waals surface area contributed by atoms with Crippen molar-refractivity contribution in [1.29, 1.82) is 0 Å². The highest BCUT2D eigenvalue weighted by atomic mass is 15.0. The van der Waals surface area contributed by atoms with Gasteiger partial charge >= 0.3 is 0 Å².